The quantitative estimate of drug-likeness (QED) is 0.475. The monoisotopic (exact) mass is 433 g/mol. The van der Waals surface area contributed by atoms with Crippen LogP contribution >= 0.6 is 0 Å². The van der Waals surface area contributed by atoms with Gasteiger partial charge in [0.25, 0.3) is 5.92 Å². The Morgan fingerprint density at radius 1 is 1.00 bits per heavy atom. The molecule has 1 fully saturated rings. The fourth-order valence-corrected chi connectivity index (χ4v) is 4.27. The number of imidazole rings is 1. The van der Waals surface area contributed by atoms with Crippen molar-refractivity contribution in [2.75, 3.05) is 24.5 Å². The molecule has 0 radical (unpaired) electrons. The number of hydrogen-bond donors (Lipinski definition) is 1. The highest BCUT2D eigenvalue weighted by Gasteiger charge is 2.38. The predicted octanol–water partition coefficient (Wildman–Crippen LogP) is 4.80. The number of alkyl halides is 2. The van der Waals surface area contributed by atoms with Gasteiger partial charge in [0.1, 0.15) is 11.5 Å². The highest BCUT2D eigenvalue weighted by Crippen LogP contribution is 2.32. The Hall–Kier alpha value is -3.32. The van der Waals surface area contributed by atoms with Crippen LogP contribution in [0.4, 0.5) is 14.6 Å². The van der Waals surface area contributed by atoms with Gasteiger partial charge in [-0.1, -0.05) is 24.3 Å². The smallest absolute Gasteiger partial charge is 0.266 e. The van der Waals surface area contributed by atoms with Crippen molar-refractivity contribution in [1.82, 2.24) is 14.4 Å². The van der Waals surface area contributed by atoms with Crippen LogP contribution in [0.2, 0.25) is 0 Å². The second kappa shape index (κ2) is 8.31. The summed E-state index contributed by atoms with van der Waals surface area (Å²) in [5.74, 6) is -2.08. The Morgan fingerprint density at radius 3 is 2.69 bits per heavy atom. The molecule has 1 aliphatic rings. The van der Waals surface area contributed by atoms with E-state index in [1.54, 1.807) is 11.1 Å². The largest absolute Gasteiger partial charge is 0.350 e. The van der Waals surface area contributed by atoms with Gasteiger partial charge in [-0.2, -0.15) is 0 Å². The van der Waals surface area contributed by atoms with Crippen molar-refractivity contribution in [2.45, 2.75) is 25.2 Å². The summed E-state index contributed by atoms with van der Waals surface area (Å²) in [6, 6.07) is 16.4. The summed E-state index contributed by atoms with van der Waals surface area (Å²) in [5, 5.41) is 0. The fourth-order valence-electron chi connectivity index (χ4n) is 4.27. The minimum Gasteiger partial charge on any atom is -0.350 e. The molecular weight excluding hydrogens is 408 g/mol. The van der Waals surface area contributed by atoms with Crippen LogP contribution in [0.25, 0.3) is 28.0 Å². The van der Waals surface area contributed by atoms with E-state index in [9.17, 15) is 8.78 Å². The molecule has 0 amide bonds. The minimum atomic E-state index is -2.65. The molecule has 5 nitrogen and oxygen atoms in total. The number of fused-ring (bicyclic) bond motifs is 1. The number of aryl methyl sites for hydroxylation is 1. The first-order valence-corrected chi connectivity index (χ1v) is 10.9. The van der Waals surface area contributed by atoms with Crippen LogP contribution in [0.1, 0.15) is 18.4 Å². The number of pyridine rings is 2. The number of nitrogens with two attached hydrogens (primary N) is 1. The number of halogens is 2. The SMILES string of the molecule is NCCCc1cccc(-c2ccn3c(-c4ccnc(N5CCC(F)(F)C5)c4)cnc3c2)c1. The predicted molar refractivity (Wildman–Crippen MR) is 123 cm³/mol. The van der Waals surface area contributed by atoms with E-state index in [0.29, 0.717) is 18.9 Å². The maximum absolute atomic E-state index is 13.6. The van der Waals surface area contributed by atoms with Crippen LogP contribution < -0.4 is 10.6 Å². The highest BCUT2D eigenvalue weighted by atomic mass is 19.3. The van der Waals surface area contributed by atoms with Crippen molar-refractivity contribution >= 4 is 11.5 Å². The number of aromatic nitrogens is 3. The average Bonchev–Trinajstić information content (AvgIpc) is 3.40. The molecule has 1 saturated heterocycles. The highest BCUT2D eigenvalue weighted by molar-refractivity contribution is 5.72. The lowest BCUT2D eigenvalue weighted by molar-refractivity contribution is 0.0256. The summed E-state index contributed by atoms with van der Waals surface area (Å²) in [5.41, 5.74) is 11.8. The van der Waals surface area contributed by atoms with Crippen LogP contribution in [0.15, 0.2) is 67.1 Å². The molecule has 32 heavy (non-hydrogen) atoms. The van der Waals surface area contributed by atoms with Crippen molar-refractivity contribution in [2.24, 2.45) is 5.73 Å². The van der Waals surface area contributed by atoms with E-state index in [2.05, 4.69) is 46.4 Å². The van der Waals surface area contributed by atoms with Crippen molar-refractivity contribution < 1.29 is 8.78 Å². The fraction of sp³-hybridized carbons (Fsp3) is 0.280. The number of hydrogen-bond acceptors (Lipinski definition) is 4. The summed E-state index contributed by atoms with van der Waals surface area (Å²) < 4.78 is 29.3. The summed E-state index contributed by atoms with van der Waals surface area (Å²) in [6.07, 6.45) is 7.28. The topological polar surface area (TPSA) is 59.5 Å². The third kappa shape index (κ3) is 4.08. The number of benzene rings is 1. The number of rotatable bonds is 6. The van der Waals surface area contributed by atoms with E-state index in [0.717, 1.165) is 40.9 Å². The molecule has 0 aliphatic carbocycles. The van der Waals surface area contributed by atoms with Gasteiger partial charge in [-0.25, -0.2) is 18.7 Å². The third-order valence-corrected chi connectivity index (χ3v) is 5.98. The Labute approximate surface area is 185 Å². The zero-order valence-corrected chi connectivity index (χ0v) is 17.7. The molecule has 0 atom stereocenters. The molecule has 0 bridgehead atoms. The molecule has 7 heteroatoms. The molecule has 0 saturated carbocycles. The van der Waals surface area contributed by atoms with Gasteiger partial charge in [0.15, 0.2) is 0 Å². The van der Waals surface area contributed by atoms with Gasteiger partial charge in [0.2, 0.25) is 0 Å². The van der Waals surface area contributed by atoms with E-state index < -0.39 is 5.92 Å². The van der Waals surface area contributed by atoms with E-state index in [-0.39, 0.29) is 13.0 Å². The zero-order chi connectivity index (χ0) is 22.1. The molecule has 1 aromatic carbocycles. The molecule has 0 spiro atoms. The standard InChI is InChI=1S/C25H25F2N5/c26-25(27)8-12-31(17-25)23-15-21(6-10-29-23)22-16-30-24-14-20(7-11-32(22)24)19-5-1-3-18(13-19)4-2-9-28/h1,3,5-7,10-11,13-16H,2,4,8-9,12,17,28H2. The molecule has 4 aromatic rings. The lowest BCUT2D eigenvalue weighted by Crippen LogP contribution is -2.25. The van der Waals surface area contributed by atoms with Crippen molar-refractivity contribution in [1.29, 1.82) is 0 Å². The van der Waals surface area contributed by atoms with Gasteiger partial charge in [-0.05, 0) is 60.3 Å². The molecule has 4 heterocycles. The lowest BCUT2D eigenvalue weighted by Gasteiger charge is -2.17. The molecule has 3 aromatic heterocycles. The van der Waals surface area contributed by atoms with Crippen molar-refractivity contribution in [3.05, 3.63) is 72.7 Å². The van der Waals surface area contributed by atoms with E-state index in [1.165, 1.54) is 5.56 Å². The van der Waals surface area contributed by atoms with E-state index in [1.807, 2.05) is 28.9 Å². The van der Waals surface area contributed by atoms with Gasteiger partial charge >= 0.3 is 0 Å². The molecule has 5 rings (SSSR count). The van der Waals surface area contributed by atoms with Gasteiger partial charge in [0.05, 0.1) is 18.4 Å². The third-order valence-electron chi connectivity index (χ3n) is 5.98. The number of nitrogens with zero attached hydrogens (tertiary/aromatic N) is 4. The second-order valence-electron chi connectivity index (χ2n) is 8.31. The summed E-state index contributed by atoms with van der Waals surface area (Å²) in [6.45, 7) is 0.707. The van der Waals surface area contributed by atoms with Gasteiger partial charge in [-0.15, -0.1) is 0 Å². The summed E-state index contributed by atoms with van der Waals surface area (Å²) in [4.78, 5) is 10.6. The van der Waals surface area contributed by atoms with Crippen LogP contribution in [0.3, 0.4) is 0 Å². The maximum atomic E-state index is 13.6. The Kier molecular flexibility index (Phi) is 5.35. The normalized spacial score (nSPS) is 15.5. The van der Waals surface area contributed by atoms with E-state index >= 15 is 0 Å². The van der Waals surface area contributed by atoms with E-state index in [4.69, 9.17) is 5.73 Å². The van der Waals surface area contributed by atoms with Gasteiger partial charge < -0.3 is 10.6 Å². The Bertz CT molecular complexity index is 1250. The van der Waals surface area contributed by atoms with Crippen LogP contribution in [-0.2, 0) is 6.42 Å². The van der Waals surface area contributed by atoms with Crippen LogP contribution in [0, 0.1) is 0 Å². The first-order valence-electron chi connectivity index (χ1n) is 10.9. The summed E-state index contributed by atoms with van der Waals surface area (Å²) in [7, 11) is 0. The van der Waals surface area contributed by atoms with Crippen molar-refractivity contribution in [3.63, 3.8) is 0 Å². The Balaban J connectivity index is 1.45. The molecule has 164 valence electrons. The maximum Gasteiger partial charge on any atom is 0.266 e. The van der Waals surface area contributed by atoms with Crippen LogP contribution in [-0.4, -0.2) is 39.9 Å². The first-order chi connectivity index (χ1) is 15.5. The molecule has 2 N–H and O–H groups in total. The summed E-state index contributed by atoms with van der Waals surface area (Å²) >= 11 is 0. The molecular formula is C25H25F2N5. The van der Waals surface area contributed by atoms with Gasteiger partial charge in [0, 0.05) is 30.9 Å². The van der Waals surface area contributed by atoms with Crippen LogP contribution in [0.5, 0.6) is 0 Å². The zero-order valence-electron chi connectivity index (χ0n) is 17.7. The molecule has 1 aliphatic heterocycles. The number of anilines is 1. The minimum absolute atomic E-state index is 0.134. The average molecular weight is 434 g/mol. The second-order valence-corrected chi connectivity index (χ2v) is 8.31. The van der Waals surface area contributed by atoms with Crippen molar-refractivity contribution in [3.8, 4) is 22.4 Å². The lowest BCUT2D eigenvalue weighted by atomic mass is 10.0. The van der Waals surface area contributed by atoms with Gasteiger partial charge in [-0.3, -0.25) is 4.40 Å². The first kappa shape index (κ1) is 20.6. The Morgan fingerprint density at radius 2 is 1.88 bits per heavy atom. The molecule has 0 unspecified atom stereocenters.